The molecule has 0 bridgehead atoms. The van der Waals surface area contributed by atoms with Crippen LogP contribution in [0.1, 0.15) is 5.48 Å². The molecule has 0 saturated carbocycles. The average Bonchev–Trinajstić information content (AvgIpc) is 1.59. The second-order valence-electron chi connectivity index (χ2n) is 0.518. The molecule has 0 heterocycles. The van der Waals surface area contributed by atoms with E-state index in [9.17, 15) is 4.79 Å². The van der Waals surface area contributed by atoms with Crippen molar-refractivity contribution in [3.05, 3.63) is 0 Å². The van der Waals surface area contributed by atoms with Gasteiger partial charge in [0.2, 0.25) is 0 Å². The topological polar surface area (TPSA) is 17.1 Å². The molecule has 0 N–H and O–H groups in total. The fourth-order valence-corrected chi connectivity index (χ4v) is 0.161. The van der Waals surface area contributed by atoms with E-state index in [1.807, 2.05) is 0 Å². The second kappa shape index (κ2) is 3.44. The molecule has 0 atom stereocenters. The first-order chi connectivity index (χ1) is 4.15. The van der Waals surface area contributed by atoms with E-state index in [1.54, 1.807) is 0 Å². The number of Topliss-reactive ketones (excluding diaryl/α,β-unsaturated/α-hetero) is 1. The van der Waals surface area contributed by atoms with Crippen LogP contribution < -0.4 is 0 Å². The summed E-state index contributed by atoms with van der Waals surface area (Å²) in [7, 11) is 0. The number of carbonyl (C=O) groups is 1. The SMILES string of the molecule is [2H]C([2H])(Cl)C(=O)C([2H])([2H])Cl. The van der Waals surface area contributed by atoms with Gasteiger partial charge in [0.1, 0.15) is 0 Å². The molecule has 0 unspecified atom stereocenters. The van der Waals surface area contributed by atoms with Crippen molar-refractivity contribution in [1.82, 2.24) is 0 Å². The Morgan fingerprint density at radius 3 is 2.00 bits per heavy atom. The van der Waals surface area contributed by atoms with Crippen LogP contribution in [-0.2, 0) is 4.79 Å². The van der Waals surface area contributed by atoms with E-state index < -0.39 is 17.4 Å². The van der Waals surface area contributed by atoms with Gasteiger partial charge < -0.3 is 0 Å². The lowest BCUT2D eigenvalue weighted by molar-refractivity contribution is -0.114. The maximum atomic E-state index is 10.5. The van der Waals surface area contributed by atoms with Crippen molar-refractivity contribution in [3.63, 3.8) is 0 Å². The van der Waals surface area contributed by atoms with Gasteiger partial charge in [-0.2, -0.15) is 0 Å². The highest BCUT2D eigenvalue weighted by molar-refractivity contribution is 6.35. The highest BCUT2D eigenvalue weighted by Gasteiger charge is 1.90. The minimum absolute atomic E-state index is 1.48. The fraction of sp³-hybridized carbons (Fsp3) is 0.667. The van der Waals surface area contributed by atoms with Crippen LogP contribution >= 0.6 is 23.2 Å². The van der Waals surface area contributed by atoms with Gasteiger partial charge in [-0.05, 0) is 0 Å². The van der Waals surface area contributed by atoms with Crippen molar-refractivity contribution in [1.29, 1.82) is 0 Å². The zero-order valence-corrected chi connectivity index (χ0v) is 4.18. The van der Waals surface area contributed by atoms with E-state index >= 15 is 0 Å². The molecule has 0 radical (unpaired) electrons. The molecule has 1 nitrogen and oxygen atoms in total. The van der Waals surface area contributed by atoms with Crippen LogP contribution in [0.25, 0.3) is 0 Å². The first-order valence-corrected chi connectivity index (χ1v) is 1.84. The van der Waals surface area contributed by atoms with Crippen LogP contribution in [0, 0.1) is 0 Å². The van der Waals surface area contributed by atoms with E-state index in [4.69, 9.17) is 28.7 Å². The molecule has 0 aromatic rings. The summed E-state index contributed by atoms with van der Waals surface area (Å²) in [5.41, 5.74) is 0. The number of halogens is 2. The van der Waals surface area contributed by atoms with Gasteiger partial charge in [0.25, 0.3) is 0 Å². The van der Waals surface area contributed by atoms with Crippen LogP contribution in [-0.4, -0.2) is 17.4 Å². The smallest absolute Gasteiger partial charge is 0.162 e. The summed E-state index contributed by atoms with van der Waals surface area (Å²) < 4.78 is 26.2. The van der Waals surface area contributed by atoms with Crippen LogP contribution in [0.2, 0.25) is 0 Å². The van der Waals surface area contributed by atoms with Crippen LogP contribution in [0.5, 0.6) is 0 Å². The molecule has 0 saturated heterocycles. The Balaban J connectivity index is 4.40. The molecule has 0 spiro atoms. The Kier molecular flexibility index (Phi) is 1.15. The van der Waals surface area contributed by atoms with Gasteiger partial charge in [0.05, 0.1) is 17.1 Å². The maximum absolute atomic E-state index is 10.5. The van der Waals surface area contributed by atoms with E-state index in [0.29, 0.717) is 0 Å². The van der Waals surface area contributed by atoms with Gasteiger partial charge >= 0.3 is 0 Å². The van der Waals surface area contributed by atoms with Crippen LogP contribution in [0.3, 0.4) is 0 Å². The summed E-state index contributed by atoms with van der Waals surface area (Å²) in [6.45, 7) is 0. The first kappa shape index (κ1) is 2.01. The lowest BCUT2D eigenvalue weighted by Crippen LogP contribution is -1.98. The molecule has 36 valence electrons. The number of hydrogen-bond acceptors (Lipinski definition) is 1. The Labute approximate surface area is 51.9 Å². The monoisotopic (exact) mass is 130 g/mol. The third-order valence-electron chi connectivity index (χ3n) is 0.172. The molecule has 6 heavy (non-hydrogen) atoms. The second-order valence-corrected chi connectivity index (χ2v) is 0.896. The lowest BCUT2D eigenvalue weighted by atomic mass is 10.5. The fourth-order valence-electron chi connectivity index (χ4n) is 0.0179. The largest absolute Gasteiger partial charge is 0.297 e. The van der Waals surface area contributed by atoms with Crippen LogP contribution in [0.4, 0.5) is 0 Å². The number of hydrogen-bond donors (Lipinski definition) is 0. The van der Waals surface area contributed by atoms with Crippen molar-refractivity contribution >= 4 is 29.0 Å². The predicted molar refractivity (Wildman–Crippen MR) is 26.4 cm³/mol. The molecule has 0 fully saturated rings. The Morgan fingerprint density at radius 1 is 1.67 bits per heavy atom. The minimum atomic E-state index is -2.73. The summed E-state index contributed by atoms with van der Waals surface area (Å²) in [6, 6.07) is 0. The molecule has 0 aromatic carbocycles. The van der Waals surface area contributed by atoms with Crippen molar-refractivity contribution in [3.8, 4) is 0 Å². The molecule has 0 aromatic heterocycles. The van der Waals surface area contributed by atoms with E-state index in [-0.39, 0.29) is 0 Å². The van der Waals surface area contributed by atoms with E-state index in [1.165, 1.54) is 0 Å². The van der Waals surface area contributed by atoms with Gasteiger partial charge in [-0.25, -0.2) is 0 Å². The zero-order chi connectivity index (χ0) is 8.58. The lowest BCUT2D eigenvalue weighted by Gasteiger charge is -1.77. The number of alkyl halides is 2. The highest BCUT2D eigenvalue weighted by atomic mass is 35.5. The maximum Gasteiger partial charge on any atom is 0.162 e. The predicted octanol–water partition coefficient (Wildman–Crippen LogP) is 1.03. The van der Waals surface area contributed by atoms with Gasteiger partial charge in [-0.3, -0.25) is 4.79 Å². The van der Waals surface area contributed by atoms with Crippen molar-refractivity contribution in [2.24, 2.45) is 0 Å². The molecular formula is C3H4Cl2O. The molecule has 0 aliphatic carbocycles. The number of ketones is 1. The quantitative estimate of drug-likeness (QED) is 0.511. The summed E-state index contributed by atoms with van der Waals surface area (Å²) in [6.07, 6.45) is 0. The molecule has 0 rings (SSSR count). The van der Waals surface area contributed by atoms with E-state index in [2.05, 4.69) is 0 Å². The number of rotatable bonds is 2. The van der Waals surface area contributed by atoms with Gasteiger partial charge in [0.15, 0.2) is 5.78 Å². The van der Waals surface area contributed by atoms with Crippen LogP contribution in [0.15, 0.2) is 0 Å². The van der Waals surface area contributed by atoms with E-state index in [0.717, 1.165) is 0 Å². The Hall–Kier alpha value is 0.250. The van der Waals surface area contributed by atoms with Crippen molar-refractivity contribution in [2.45, 2.75) is 0 Å². The highest BCUT2D eigenvalue weighted by Crippen LogP contribution is 1.80. The zero-order valence-electron chi connectivity index (χ0n) is 6.66. The molecular weight excluding hydrogens is 123 g/mol. The summed E-state index contributed by atoms with van der Waals surface area (Å²) in [5.74, 6) is -6.94. The minimum Gasteiger partial charge on any atom is -0.297 e. The summed E-state index contributed by atoms with van der Waals surface area (Å²) in [5, 5.41) is 0. The molecule has 0 amide bonds. The van der Waals surface area contributed by atoms with Gasteiger partial charge in [-0.15, -0.1) is 23.2 Å². The standard InChI is InChI=1S/C3H4Cl2O/c4-1-3(6)2-5/h1-2H2/i1D2,2D2. The third-order valence-corrected chi connectivity index (χ3v) is 0.515. The van der Waals surface area contributed by atoms with Gasteiger partial charge in [-0.1, -0.05) is 0 Å². The molecule has 0 aliphatic heterocycles. The summed E-state index contributed by atoms with van der Waals surface area (Å²) >= 11 is 9.66. The van der Waals surface area contributed by atoms with Gasteiger partial charge in [0, 0.05) is 0 Å². The normalized spacial score (nSPS) is 23.0. The van der Waals surface area contributed by atoms with Crippen molar-refractivity contribution < 1.29 is 10.3 Å². The Bertz CT molecular complexity index is 130. The number of carbonyl (C=O) groups excluding carboxylic acids is 1. The van der Waals surface area contributed by atoms with Crippen molar-refractivity contribution in [2.75, 3.05) is 11.7 Å². The Morgan fingerprint density at radius 2 is 2.00 bits per heavy atom. The average molecular weight is 131 g/mol. The first-order valence-electron chi connectivity index (χ1n) is 3.08. The third kappa shape index (κ3) is 2.49. The summed E-state index contributed by atoms with van der Waals surface area (Å²) in [4.78, 5) is 10.5. The molecule has 3 heteroatoms. The molecule has 0 aliphatic rings.